The number of carbonyl (C=O) groups excluding carboxylic acids is 3. The van der Waals surface area contributed by atoms with E-state index in [1.165, 1.54) is 0 Å². The number of imide groups is 1. The summed E-state index contributed by atoms with van der Waals surface area (Å²) in [4.78, 5) is 40.4. The smallest absolute Gasteiger partial charge is 0.355 e. The Morgan fingerprint density at radius 1 is 1.14 bits per heavy atom. The standard InChI is InChI=1S/C21H19N3O4/c1-3-28-19(26)17-16-18(25)24(15-7-5-4-6-8-15)20(27)21(16,23-22-17)14-11-9-13(2)10-12-14/h4-12,16,23H,3H2,1-2H3/t16-,21+/m1/s1. The first-order chi connectivity index (χ1) is 13.5. The van der Waals surface area contributed by atoms with Gasteiger partial charge in [0, 0.05) is 0 Å². The predicted molar refractivity (Wildman–Crippen MR) is 102 cm³/mol. The lowest BCUT2D eigenvalue weighted by molar-refractivity contribution is -0.136. The van der Waals surface area contributed by atoms with Crippen LogP contribution >= 0.6 is 0 Å². The molecular formula is C21H19N3O4. The minimum atomic E-state index is -1.47. The molecule has 2 aromatic rings. The Hall–Kier alpha value is -3.48. The average molecular weight is 377 g/mol. The lowest BCUT2D eigenvalue weighted by Gasteiger charge is -2.26. The number of esters is 1. The number of amides is 2. The van der Waals surface area contributed by atoms with Crippen molar-refractivity contribution in [3.8, 4) is 0 Å². The molecule has 1 saturated heterocycles. The summed E-state index contributed by atoms with van der Waals surface area (Å²) in [5, 5.41) is 4.06. The molecule has 2 amide bonds. The summed E-state index contributed by atoms with van der Waals surface area (Å²) in [6.45, 7) is 3.75. The summed E-state index contributed by atoms with van der Waals surface area (Å²) < 4.78 is 5.07. The third-order valence-corrected chi connectivity index (χ3v) is 5.07. The van der Waals surface area contributed by atoms with E-state index < -0.39 is 29.2 Å². The average Bonchev–Trinajstić information content (AvgIpc) is 3.20. The van der Waals surface area contributed by atoms with Crippen LogP contribution in [0.25, 0.3) is 0 Å². The number of fused-ring (bicyclic) bond motifs is 1. The zero-order chi connectivity index (χ0) is 19.9. The fourth-order valence-electron chi connectivity index (χ4n) is 3.72. The van der Waals surface area contributed by atoms with Crippen molar-refractivity contribution in [2.75, 3.05) is 11.5 Å². The van der Waals surface area contributed by atoms with Gasteiger partial charge in [0.25, 0.3) is 5.91 Å². The van der Waals surface area contributed by atoms with Crippen molar-refractivity contribution >= 4 is 29.2 Å². The number of aryl methyl sites for hydroxylation is 1. The molecule has 2 aliphatic rings. The molecule has 0 spiro atoms. The van der Waals surface area contributed by atoms with Crippen LogP contribution in [0.1, 0.15) is 18.1 Å². The van der Waals surface area contributed by atoms with Crippen molar-refractivity contribution in [2.45, 2.75) is 19.4 Å². The maximum Gasteiger partial charge on any atom is 0.355 e. The van der Waals surface area contributed by atoms with Crippen LogP contribution in [-0.4, -0.2) is 30.1 Å². The molecule has 0 unspecified atom stereocenters. The number of carbonyl (C=O) groups is 3. The van der Waals surface area contributed by atoms with Crippen LogP contribution in [0.15, 0.2) is 59.7 Å². The number of ether oxygens (including phenoxy) is 1. The van der Waals surface area contributed by atoms with Gasteiger partial charge in [0.1, 0.15) is 5.92 Å². The summed E-state index contributed by atoms with van der Waals surface area (Å²) >= 11 is 0. The highest BCUT2D eigenvalue weighted by Crippen LogP contribution is 2.45. The van der Waals surface area contributed by atoms with E-state index in [1.54, 1.807) is 49.4 Å². The fourth-order valence-corrected chi connectivity index (χ4v) is 3.72. The van der Waals surface area contributed by atoms with E-state index in [4.69, 9.17) is 4.74 Å². The molecule has 7 heteroatoms. The molecule has 0 radical (unpaired) electrons. The molecule has 28 heavy (non-hydrogen) atoms. The first-order valence-electron chi connectivity index (χ1n) is 9.03. The van der Waals surface area contributed by atoms with Gasteiger partial charge in [0.05, 0.1) is 12.3 Å². The molecule has 2 atom stereocenters. The Morgan fingerprint density at radius 2 is 1.82 bits per heavy atom. The van der Waals surface area contributed by atoms with Gasteiger partial charge >= 0.3 is 5.97 Å². The number of nitrogens with one attached hydrogen (secondary N) is 1. The number of anilines is 1. The number of rotatable bonds is 4. The van der Waals surface area contributed by atoms with E-state index in [1.807, 2.05) is 19.1 Å². The van der Waals surface area contributed by atoms with Crippen LogP contribution in [-0.2, 0) is 24.7 Å². The Labute approximate surface area is 162 Å². The second kappa shape index (κ2) is 6.60. The summed E-state index contributed by atoms with van der Waals surface area (Å²) in [6.07, 6.45) is 0. The molecule has 142 valence electrons. The second-order valence-electron chi connectivity index (χ2n) is 6.75. The van der Waals surface area contributed by atoms with Crippen molar-refractivity contribution in [1.82, 2.24) is 5.43 Å². The van der Waals surface area contributed by atoms with Gasteiger partial charge in [-0.3, -0.25) is 15.0 Å². The van der Waals surface area contributed by atoms with Crippen molar-refractivity contribution in [1.29, 1.82) is 0 Å². The van der Waals surface area contributed by atoms with E-state index in [0.29, 0.717) is 11.3 Å². The normalized spacial score (nSPS) is 23.3. The monoisotopic (exact) mass is 377 g/mol. The quantitative estimate of drug-likeness (QED) is 0.650. The SMILES string of the molecule is CCOC(=O)C1=NN[C@]2(c3ccc(C)cc3)C(=O)N(c3ccccc3)C(=O)[C@@H]12. The topological polar surface area (TPSA) is 88.1 Å². The highest BCUT2D eigenvalue weighted by atomic mass is 16.5. The molecule has 1 fully saturated rings. The molecule has 4 rings (SSSR count). The number of hydrazone groups is 1. The number of hydrogen-bond donors (Lipinski definition) is 1. The molecule has 0 aromatic heterocycles. The Balaban J connectivity index is 1.87. The van der Waals surface area contributed by atoms with E-state index in [9.17, 15) is 14.4 Å². The number of nitrogens with zero attached hydrogens (tertiary/aromatic N) is 2. The zero-order valence-corrected chi connectivity index (χ0v) is 15.5. The molecule has 0 aliphatic carbocycles. The Kier molecular flexibility index (Phi) is 4.22. The van der Waals surface area contributed by atoms with Gasteiger partial charge in [0.2, 0.25) is 5.91 Å². The van der Waals surface area contributed by atoms with E-state index in [-0.39, 0.29) is 12.3 Å². The Bertz CT molecular complexity index is 984. The van der Waals surface area contributed by atoms with Gasteiger partial charge in [-0.2, -0.15) is 5.10 Å². The molecule has 1 N–H and O–H groups in total. The molecule has 2 aromatic carbocycles. The van der Waals surface area contributed by atoms with Crippen LogP contribution in [0, 0.1) is 12.8 Å². The van der Waals surface area contributed by atoms with Crippen LogP contribution in [0.2, 0.25) is 0 Å². The van der Waals surface area contributed by atoms with Crippen LogP contribution < -0.4 is 10.3 Å². The van der Waals surface area contributed by atoms with Gasteiger partial charge in [0.15, 0.2) is 11.3 Å². The maximum atomic E-state index is 13.5. The molecular weight excluding hydrogens is 358 g/mol. The van der Waals surface area contributed by atoms with E-state index in [2.05, 4.69) is 10.5 Å². The highest BCUT2D eigenvalue weighted by molar-refractivity contribution is 6.47. The number of para-hydroxylation sites is 1. The molecule has 7 nitrogen and oxygen atoms in total. The first-order valence-corrected chi connectivity index (χ1v) is 9.03. The summed E-state index contributed by atoms with van der Waals surface area (Å²) in [5.41, 5.74) is 3.29. The number of benzene rings is 2. The molecule has 2 aliphatic heterocycles. The minimum Gasteiger partial charge on any atom is -0.461 e. The van der Waals surface area contributed by atoms with Crippen molar-refractivity contribution in [3.63, 3.8) is 0 Å². The predicted octanol–water partition coefficient (Wildman–Crippen LogP) is 1.90. The summed E-state index contributed by atoms with van der Waals surface area (Å²) in [7, 11) is 0. The lowest BCUT2D eigenvalue weighted by Crippen LogP contribution is -2.48. The van der Waals surface area contributed by atoms with Crippen molar-refractivity contribution in [2.24, 2.45) is 11.0 Å². The van der Waals surface area contributed by atoms with Crippen molar-refractivity contribution < 1.29 is 19.1 Å². The zero-order valence-electron chi connectivity index (χ0n) is 15.5. The highest BCUT2D eigenvalue weighted by Gasteiger charge is 2.67. The van der Waals surface area contributed by atoms with Crippen LogP contribution in [0.5, 0.6) is 0 Å². The minimum absolute atomic E-state index is 0.0841. The maximum absolute atomic E-state index is 13.5. The van der Waals surface area contributed by atoms with Crippen LogP contribution in [0.3, 0.4) is 0 Å². The Morgan fingerprint density at radius 3 is 2.46 bits per heavy atom. The fraction of sp³-hybridized carbons (Fsp3) is 0.238. The van der Waals surface area contributed by atoms with E-state index in [0.717, 1.165) is 10.5 Å². The lowest BCUT2D eigenvalue weighted by atomic mass is 9.78. The summed E-state index contributed by atoms with van der Waals surface area (Å²) in [5.74, 6) is -2.78. The van der Waals surface area contributed by atoms with Gasteiger partial charge in [-0.25, -0.2) is 9.69 Å². The van der Waals surface area contributed by atoms with Crippen molar-refractivity contribution in [3.05, 3.63) is 65.7 Å². The molecule has 0 saturated carbocycles. The number of hydrogen-bond acceptors (Lipinski definition) is 6. The van der Waals surface area contributed by atoms with Gasteiger partial charge in [-0.1, -0.05) is 48.0 Å². The van der Waals surface area contributed by atoms with Gasteiger partial charge in [-0.15, -0.1) is 0 Å². The molecule has 2 heterocycles. The first kappa shape index (κ1) is 17.9. The molecule has 0 bridgehead atoms. The van der Waals surface area contributed by atoms with E-state index >= 15 is 0 Å². The van der Waals surface area contributed by atoms with Crippen LogP contribution in [0.4, 0.5) is 5.69 Å². The second-order valence-corrected chi connectivity index (χ2v) is 6.75. The third-order valence-electron chi connectivity index (χ3n) is 5.07. The summed E-state index contributed by atoms with van der Waals surface area (Å²) in [6, 6.07) is 15.9. The van der Waals surface area contributed by atoms with Gasteiger partial charge in [-0.05, 0) is 31.5 Å². The largest absolute Gasteiger partial charge is 0.461 e. The third kappa shape index (κ3) is 2.43. The van der Waals surface area contributed by atoms with Gasteiger partial charge < -0.3 is 4.74 Å².